The van der Waals surface area contributed by atoms with Gasteiger partial charge in [-0.05, 0) is 47.6 Å². The molecule has 0 saturated heterocycles. The number of methoxy groups -OCH3 is 4. The van der Waals surface area contributed by atoms with Gasteiger partial charge in [-0.1, -0.05) is 0 Å². The predicted molar refractivity (Wildman–Crippen MR) is 145 cm³/mol. The van der Waals surface area contributed by atoms with Crippen LogP contribution in [0, 0.1) is 0 Å². The maximum Gasteiger partial charge on any atom is 0.327 e. The maximum absolute atomic E-state index is 11.5. The monoisotopic (exact) mass is 548 g/mol. The van der Waals surface area contributed by atoms with E-state index in [1.165, 1.54) is 14.2 Å². The van der Waals surface area contributed by atoms with Crippen LogP contribution in [0.25, 0.3) is 0 Å². The molecular weight excluding hydrogens is 504 g/mol. The number of ether oxygens (including phenoxy) is 4. The summed E-state index contributed by atoms with van der Waals surface area (Å²) in [6.07, 6.45) is 3.43. The van der Waals surface area contributed by atoms with Gasteiger partial charge in [0.15, 0.2) is 0 Å². The highest BCUT2D eigenvalue weighted by molar-refractivity contribution is 5.69. The van der Waals surface area contributed by atoms with E-state index in [0.29, 0.717) is 35.9 Å². The number of nitrogens with zero attached hydrogens (tertiary/aromatic N) is 5. The summed E-state index contributed by atoms with van der Waals surface area (Å²) in [6.45, 7) is 8.84. The molecule has 12 nitrogen and oxygen atoms in total. The molecule has 0 aliphatic carbocycles. The summed E-state index contributed by atoms with van der Waals surface area (Å²) >= 11 is 0. The molecule has 218 valence electrons. The van der Waals surface area contributed by atoms with E-state index in [4.69, 9.17) is 14.2 Å². The minimum atomic E-state index is -0.324. The third-order valence-corrected chi connectivity index (χ3v) is 7.52. The average Bonchev–Trinajstić information content (AvgIpc) is 3.29. The number of carbonyl (C=O) groups is 2. The van der Waals surface area contributed by atoms with E-state index in [1.807, 2.05) is 0 Å². The number of aromatic nitrogens is 4. The van der Waals surface area contributed by atoms with Gasteiger partial charge < -0.3 is 29.2 Å². The molecule has 4 rings (SSSR count). The molecule has 0 saturated carbocycles. The third kappa shape index (κ3) is 7.10. The summed E-state index contributed by atoms with van der Waals surface area (Å²) in [6, 6.07) is 1.55. The Balaban J connectivity index is 0.000000216. The van der Waals surface area contributed by atoms with Gasteiger partial charge in [-0.25, -0.2) is 9.36 Å². The smallest absolute Gasteiger partial charge is 0.327 e. The highest BCUT2D eigenvalue weighted by atomic mass is 16.5. The molecule has 0 aromatic carbocycles. The van der Waals surface area contributed by atoms with Gasteiger partial charge in [0.1, 0.15) is 13.1 Å². The summed E-state index contributed by atoms with van der Waals surface area (Å²) < 4.78 is 23.5. The lowest BCUT2D eigenvalue weighted by Crippen LogP contribution is -2.37. The summed E-state index contributed by atoms with van der Waals surface area (Å²) in [5, 5.41) is 12.6. The molecule has 1 N–H and O–H groups in total. The van der Waals surface area contributed by atoms with Crippen LogP contribution in [0.4, 0.5) is 0 Å². The van der Waals surface area contributed by atoms with Gasteiger partial charge in [-0.3, -0.25) is 9.59 Å². The van der Waals surface area contributed by atoms with Gasteiger partial charge in [0.05, 0.1) is 39.8 Å². The van der Waals surface area contributed by atoms with Crippen molar-refractivity contribution in [3.63, 3.8) is 0 Å². The summed E-state index contributed by atoms with van der Waals surface area (Å²) in [5.41, 5.74) is 4.23. The van der Waals surface area contributed by atoms with Gasteiger partial charge in [0.2, 0.25) is 11.8 Å². The quantitative estimate of drug-likeness (QED) is 0.530. The fourth-order valence-electron chi connectivity index (χ4n) is 5.34. The van der Waals surface area contributed by atoms with Crippen LogP contribution in [0.1, 0.15) is 50.2 Å². The molecule has 2 aliphatic heterocycles. The van der Waals surface area contributed by atoms with E-state index < -0.39 is 0 Å². The zero-order valence-corrected chi connectivity index (χ0v) is 24.7. The first kappa shape index (κ1) is 30.4. The Bertz CT molecular complexity index is 1140. The van der Waals surface area contributed by atoms with Crippen molar-refractivity contribution in [2.75, 3.05) is 35.5 Å². The van der Waals surface area contributed by atoms with E-state index in [-0.39, 0.29) is 25.0 Å². The maximum atomic E-state index is 11.5. The number of fused-ring (bicyclic) bond motifs is 2. The van der Waals surface area contributed by atoms with Crippen LogP contribution in [-0.2, 0) is 57.8 Å². The summed E-state index contributed by atoms with van der Waals surface area (Å²) in [4.78, 5) is 25.2. The average molecular weight is 549 g/mol. The van der Waals surface area contributed by atoms with Crippen LogP contribution >= 0.6 is 0 Å². The second kappa shape index (κ2) is 13.3. The number of nitrogens with one attached hydrogen (secondary N) is 1. The first-order valence-corrected chi connectivity index (χ1v) is 13.4. The standard InChI is InChI=1S/C14H23N3O3.C13H21N3O3/c1-9-6-11-12(7-10(2)16(9)3)15-17(14(11)20-5)8-13(18)19-4;1-8-5-10-11(6-9(2)14-8)15-16(13(10)19-4)7-12(17)18-3/h9-10H,6-8H2,1-5H3;8-9,14H,5-7H2,1-4H3. The second-order valence-corrected chi connectivity index (χ2v) is 10.5. The number of carbonyl (C=O) groups excluding carboxylic acids is 2. The fraction of sp³-hybridized carbons (Fsp3) is 0.704. The second-order valence-electron chi connectivity index (χ2n) is 10.5. The fourth-order valence-corrected chi connectivity index (χ4v) is 5.34. The Hall–Kier alpha value is -3.12. The number of hydrogen-bond acceptors (Lipinski definition) is 10. The van der Waals surface area contributed by atoms with Crippen LogP contribution in [-0.4, -0.2) is 96.1 Å². The molecule has 0 radical (unpaired) electrons. The predicted octanol–water partition coefficient (Wildman–Crippen LogP) is 1.40. The van der Waals surface area contributed by atoms with E-state index in [1.54, 1.807) is 23.6 Å². The molecule has 12 heteroatoms. The first-order valence-electron chi connectivity index (χ1n) is 13.4. The highest BCUT2D eigenvalue weighted by Gasteiger charge is 2.30. The molecule has 2 aromatic heterocycles. The normalized spacial score (nSPS) is 22.8. The minimum Gasteiger partial charge on any atom is -0.481 e. The molecule has 0 spiro atoms. The molecular formula is C27H44N6O6. The van der Waals surface area contributed by atoms with Gasteiger partial charge in [0.25, 0.3) is 0 Å². The molecule has 2 aromatic rings. The van der Waals surface area contributed by atoms with Crippen molar-refractivity contribution in [3.8, 4) is 11.8 Å². The molecule has 0 amide bonds. The van der Waals surface area contributed by atoms with Gasteiger partial charge in [-0.15, -0.1) is 0 Å². The largest absolute Gasteiger partial charge is 0.481 e. The van der Waals surface area contributed by atoms with E-state index in [9.17, 15) is 9.59 Å². The molecule has 0 fully saturated rings. The Morgan fingerprint density at radius 1 is 0.744 bits per heavy atom. The highest BCUT2D eigenvalue weighted by Crippen LogP contribution is 2.30. The Morgan fingerprint density at radius 3 is 1.67 bits per heavy atom. The van der Waals surface area contributed by atoms with E-state index >= 15 is 0 Å². The Kier molecular flexibility index (Phi) is 10.4. The molecule has 0 bridgehead atoms. The van der Waals surface area contributed by atoms with Crippen molar-refractivity contribution in [2.45, 2.75) is 90.6 Å². The summed E-state index contributed by atoms with van der Waals surface area (Å²) in [7, 11) is 8.11. The summed E-state index contributed by atoms with van der Waals surface area (Å²) in [5.74, 6) is 0.706. The Morgan fingerprint density at radius 2 is 1.18 bits per heavy atom. The zero-order chi connectivity index (χ0) is 28.9. The lowest BCUT2D eigenvalue weighted by atomic mass is 10.1. The van der Waals surface area contributed by atoms with Crippen LogP contribution in [0.5, 0.6) is 11.8 Å². The number of esters is 2. The van der Waals surface area contributed by atoms with Gasteiger partial charge in [0, 0.05) is 48.1 Å². The van der Waals surface area contributed by atoms with Crippen molar-refractivity contribution >= 4 is 11.9 Å². The molecule has 4 atom stereocenters. The van der Waals surface area contributed by atoms with Crippen LogP contribution in [0.15, 0.2) is 0 Å². The van der Waals surface area contributed by atoms with Crippen LogP contribution < -0.4 is 14.8 Å². The first-order chi connectivity index (χ1) is 18.5. The lowest BCUT2D eigenvalue weighted by Gasteiger charge is -2.27. The third-order valence-electron chi connectivity index (χ3n) is 7.52. The van der Waals surface area contributed by atoms with Crippen molar-refractivity contribution in [1.29, 1.82) is 0 Å². The van der Waals surface area contributed by atoms with Crippen molar-refractivity contribution < 1.29 is 28.5 Å². The molecule has 4 heterocycles. The van der Waals surface area contributed by atoms with Gasteiger partial charge >= 0.3 is 11.9 Å². The minimum absolute atomic E-state index is 0.0862. The van der Waals surface area contributed by atoms with Crippen molar-refractivity contribution in [2.24, 2.45) is 0 Å². The molecule has 2 aliphatic rings. The van der Waals surface area contributed by atoms with E-state index in [2.05, 4.69) is 59.9 Å². The number of rotatable bonds is 6. The van der Waals surface area contributed by atoms with Crippen molar-refractivity contribution in [1.82, 2.24) is 29.8 Å². The van der Waals surface area contributed by atoms with Crippen molar-refractivity contribution in [3.05, 3.63) is 22.5 Å². The topological polar surface area (TPSA) is 122 Å². The van der Waals surface area contributed by atoms with E-state index in [0.717, 1.165) is 48.2 Å². The molecule has 4 unspecified atom stereocenters. The van der Waals surface area contributed by atoms with Gasteiger partial charge in [-0.2, -0.15) is 10.2 Å². The van der Waals surface area contributed by atoms with Crippen LogP contribution in [0.3, 0.4) is 0 Å². The lowest BCUT2D eigenvalue weighted by molar-refractivity contribution is -0.142. The number of likely N-dealkylation sites (N-methyl/N-ethyl adjacent to an activating group) is 1. The molecule has 39 heavy (non-hydrogen) atoms. The van der Waals surface area contributed by atoms with Crippen LogP contribution in [0.2, 0.25) is 0 Å². The SMILES string of the molecule is COC(=O)Cn1nc2c(c1OC)CC(C)N(C)C(C)C2.COC(=O)Cn1nc2c(c1OC)CC(C)NC(C)C2. The number of hydrogen-bond donors (Lipinski definition) is 1. The Labute approximate surface area is 230 Å². The zero-order valence-electron chi connectivity index (χ0n) is 24.7.